The summed E-state index contributed by atoms with van der Waals surface area (Å²) in [7, 11) is 1.54. The molecular formula is C19H26F3N3O2. The molecule has 0 aromatic heterocycles. The third-order valence-electron chi connectivity index (χ3n) is 4.88. The SMILES string of the molecule is CC(C)C(N)CCN(C)C(=O)c1cc(N2CCCC2=O)cc(C(F)(F)F)c1. The summed E-state index contributed by atoms with van der Waals surface area (Å²) >= 11 is 0. The zero-order valence-electron chi connectivity index (χ0n) is 15.8. The molecule has 1 atom stereocenters. The van der Waals surface area contributed by atoms with Gasteiger partial charge in [0.15, 0.2) is 0 Å². The van der Waals surface area contributed by atoms with Crippen molar-refractivity contribution in [1.29, 1.82) is 0 Å². The summed E-state index contributed by atoms with van der Waals surface area (Å²) in [5.41, 5.74) is 5.07. The maximum absolute atomic E-state index is 13.3. The summed E-state index contributed by atoms with van der Waals surface area (Å²) < 4.78 is 39.9. The number of hydrogen-bond acceptors (Lipinski definition) is 3. The van der Waals surface area contributed by atoms with Crippen LogP contribution in [-0.2, 0) is 11.0 Å². The van der Waals surface area contributed by atoms with E-state index in [0.717, 1.165) is 12.1 Å². The monoisotopic (exact) mass is 385 g/mol. The molecule has 1 heterocycles. The first-order chi connectivity index (χ1) is 12.5. The van der Waals surface area contributed by atoms with Gasteiger partial charge in [-0.2, -0.15) is 13.2 Å². The number of carbonyl (C=O) groups is 2. The highest BCUT2D eigenvalue weighted by Gasteiger charge is 2.34. The Morgan fingerprint density at radius 1 is 1.30 bits per heavy atom. The van der Waals surface area contributed by atoms with Crippen LogP contribution in [0.1, 0.15) is 49.0 Å². The Morgan fingerprint density at radius 3 is 2.48 bits per heavy atom. The van der Waals surface area contributed by atoms with Crippen LogP contribution < -0.4 is 10.6 Å². The molecule has 1 aromatic carbocycles. The molecule has 1 fully saturated rings. The molecule has 8 heteroatoms. The summed E-state index contributed by atoms with van der Waals surface area (Å²) in [5.74, 6) is -0.510. The van der Waals surface area contributed by atoms with Crippen molar-refractivity contribution < 1.29 is 22.8 Å². The maximum Gasteiger partial charge on any atom is 0.416 e. The Morgan fingerprint density at radius 2 is 1.96 bits per heavy atom. The van der Waals surface area contributed by atoms with E-state index >= 15 is 0 Å². The van der Waals surface area contributed by atoms with Crippen molar-refractivity contribution in [3.63, 3.8) is 0 Å². The molecule has 1 unspecified atom stereocenters. The lowest BCUT2D eigenvalue weighted by Gasteiger charge is -2.23. The molecule has 1 saturated heterocycles. The normalized spacial score (nSPS) is 16.1. The fourth-order valence-corrected chi connectivity index (χ4v) is 2.97. The first kappa shape index (κ1) is 21.2. The lowest BCUT2D eigenvalue weighted by molar-refractivity contribution is -0.137. The topological polar surface area (TPSA) is 66.6 Å². The van der Waals surface area contributed by atoms with Gasteiger partial charge in [0.1, 0.15) is 0 Å². The van der Waals surface area contributed by atoms with E-state index in [9.17, 15) is 22.8 Å². The van der Waals surface area contributed by atoms with Gasteiger partial charge in [0.2, 0.25) is 5.91 Å². The van der Waals surface area contributed by atoms with Crippen LogP contribution in [-0.4, -0.2) is 42.9 Å². The Bertz CT molecular complexity index is 704. The third kappa shape index (κ3) is 5.22. The number of nitrogens with zero attached hydrogens (tertiary/aromatic N) is 2. The van der Waals surface area contributed by atoms with E-state index in [-0.39, 0.29) is 29.1 Å². The van der Waals surface area contributed by atoms with Crippen LogP contribution in [0.15, 0.2) is 18.2 Å². The average Bonchev–Trinajstić information content (AvgIpc) is 3.03. The summed E-state index contributed by atoms with van der Waals surface area (Å²) in [6.45, 7) is 4.64. The number of nitrogens with two attached hydrogens (primary N) is 1. The van der Waals surface area contributed by atoms with Gasteiger partial charge in [-0.05, 0) is 37.0 Å². The second kappa shape index (κ2) is 8.29. The highest BCUT2D eigenvalue weighted by atomic mass is 19.4. The second-order valence-corrected chi connectivity index (χ2v) is 7.34. The van der Waals surface area contributed by atoms with Crippen LogP contribution in [0.2, 0.25) is 0 Å². The van der Waals surface area contributed by atoms with Crippen LogP contribution in [0.3, 0.4) is 0 Å². The minimum atomic E-state index is -4.60. The molecule has 0 bridgehead atoms. The molecule has 0 aliphatic carbocycles. The fourth-order valence-electron chi connectivity index (χ4n) is 2.97. The van der Waals surface area contributed by atoms with E-state index in [1.165, 1.54) is 22.9 Å². The van der Waals surface area contributed by atoms with Crippen LogP contribution >= 0.6 is 0 Å². The second-order valence-electron chi connectivity index (χ2n) is 7.34. The number of amides is 2. The van der Waals surface area contributed by atoms with E-state index in [0.29, 0.717) is 32.4 Å². The first-order valence-corrected chi connectivity index (χ1v) is 9.04. The van der Waals surface area contributed by atoms with Gasteiger partial charge in [-0.3, -0.25) is 9.59 Å². The average molecular weight is 385 g/mol. The third-order valence-corrected chi connectivity index (χ3v) is 4.88. The van der Waals surface area contributed by atoms with Crippen molar-refractivity contribution in [1.82, 2.24) is 4.90 Å². The summed E-state index contributed by atoms with van der Waals surface area (Å²) in [6, 6.07) is 3.03. The minimum Gasteiger partial charge on any atom is -0.342 e. The van der Waals surface area contributed by atoms with Gasteiger partial charge < -0.3 is 15.5 Å². The molecule has 0 spiro atoms. The van der Waals surface area contributed by atoms with Gasteiger partial charge in [0, 0.05) is 43.9 Å². The Balaban J connectivity index is 2.28. The number of halogens is 3. The maximum atomic E-state index is 13.3. The molecule has 2 N–H and O–H groups in total. The summed E-state index contributed by atoms with van der Waals surface area (Å²) in [4.78, 5) is 27.3. The van der Waals surface area contributed by atoms with Gasteiger partial charge >= 0.3 is 6.18 Å². The number of hydrogen-bond donors (Lipinski definition) is 1. The van der Waals surface area contributed by atoms with Crippen LogP contribution in [0, 0.1) is 5.92 Å². The number of alkyl halides is 3. The fraction of sp³-hybridized carbons (Fsp3) is 0.579. The molecule has 2 rings (SSSR count). The van der Waals surface area contributed by atoms with Crippen molar-refractivity contribution in [3.05, 3.63) is 29.3 Å². The molecule has 1 aliphatic heterocycles. The number of benzene rings is 1. The Labute approximate surface area is 157 Å². The molecule has 2 amide bonds. The largest absolute Gasteiger partial charge is 0.416 e. The van der Waals surface area contributed by atoms with Gasteiger partial charge in [-0.25, -0.2) is 0 Å². The lowest BCUT2D eigenvalue weighted by atomic mass is 10.0. The molecule has 0 saturated carbocycles. The van der Waals surface area contributed by atoms with Crippen molar-refractivity contribution in [2.45, 2.75) is 45.3 Å². The summed E-state index contributed by atoms with van der Waals surface area (Å²) in [5, 5.41) is 0. The highest BCUT2D eigenvalue weighted by Crippen LogP contribution is 2.34. The number of anilines is 1. The van der Waals surface area contributed by atoms with Crippen molar-refractivity contribution in [2.75, 3.05) is 25.0 Å². The molecule has 0 radical (unpaired) electrons. The zero-order valence-corrected chi connectivity index (χ0v) is 15.8. The van der Waals surface area contributed by atoms with Gasteiger partial charge in [-0.1, -0.05) is 13.8 Å². The van der Waals surface area contributed by atoms with E-state index in [4.69, 9.17) is 5.73 Å². The zero-order chi connectivity index (χ0) is 20.4. The van der Waals surface area contributed by atoms with E-state index in [1.54, 1.807) is 0 Å². The quantitative estimate of drug-likeness (QED) is 0.817. The van der Waals surface area contributed by atoms with Gasteiger partial charge in [0.25, 0.3) is 5.91 Å². The predicted molar refractivity (Wildman–Crippen MR) is 97.4 cm³/mol. The highest BCUT2D eigenvalue weighted by molar-refractivity contribution is 5.99. The molecule has 27 heavy (non-hydrogen) atoms. The Kier molecular flexibility index (Phi) is 6.51. The first-order valence-electron chi connectivity index (χ1n) is 9.04. The number of rotatable bonds is 6. The number of carbonyl (C=O) groups excluding carboxylic acids is 2. The minimum absolute atomic E-state index is 0.0832. The van der Waals surface area contributed by atoms with Crippen LogP contribution in [0.5, 0.6) is 0 Å². The van der Waals surface area contributed by atoms with Crippen molar-refractivity contribution in [2.24, 2.45) is 11.7 Å². The van der Waals surface area contributed by atoms with Crippen molar-refractivity contribution >= 4 is 17.5 Å². The van der Waals surface area contributed by atoms with Gasteiger partial charge in [0.05, 0.1) is 5.56 Å². The van der Waals surface area contributed by atoms with Crippen molar-refractivity contribution in [3.8, 4) is 0 Å². The lowest BCUT2D eigenvalue weighted by Crippen LogP contribution is -2.35. The van der Waals surface area contributed by atoms with Crippen LogP contribution in [0.25, 0.3) is 0 Å². The Hall–Kier alpha value is -2.09. The smallest absolute Gasteiger partial charge is 0.342 e. The predicted octanol–water partition coefficient (Wildman–Crippen LogP) is 3.28. The molecular weight excluding hydrogens is 359 g/mol. The summed E-state index contributed by atoms with van der Waals surface area (Å²) in [6.07, 6.45) is -3.17. The van der Waals surface area contributed by atoms with Gasteiger partial charge in [-0.15, -0.1) is 0 Å². The van der Waals surface area contributed by atoms with E-state index in [2.05, 4.69) is 0 Å². The molecule has 5 nitrogen and oxygen atoms in total. The molecule has 1 aliphatic rings. The standard InChI is InChI=1S/C19H26F3N3O2/c1-12(2)16(23)6-8-24(3)18(27)13-9-14(19(20,21)22)11-15(10-13)25-7-4-5-17(25)26/h9-12,16H,4-8,23H2,1-3H3. The van der Waals surface area contributed by atoms with E-state index < -0.39 is 17.6 Å². The molecule has 1 aromatic rings. The molecule has 150 valence electrons. The van der Waals surface area contributed by atoms with Crippen LogP contribution in [0.4, 0.5) is 18.9 Å². The van der Waals surface area contributed by atoms with E-state index in [1.807, 2.05) is 13.8 Å².